The highest BCUT2D eigenvalue weighted by atomic mass is 35.5. The molecule has 0 aromatic heterocycles. The van der Waals surface area contributed by atoms with Crippen LogP contribution < -0.4 is 14.4 Å². The third-order valence-electron chi connectivity index (χ3n) is 9.12. The van der Waals surface area contributed by atoms with Crippen LogP contribution in [0.3, 0.4) is 0 Å². The number of halogens is 1. The first kappa shape index (κ1) is 30.0. The van der Waals surface area contributed by atoms with E-state index in [4.69, 9.17) is 16.3 Å². The lowest BCUT2D eigenvalue weighted by Crippen LogP contribution is -2.42. The normalized spacial score (nSPS) is 26.8. The molecule has 1 aliphatic carbocycles. The van der Waals surface area contributed by atoms with Gasteiger partial charge < -0.3 is 9.64 Å². The van der Waals surface area contributed by atoms with Crippen LogP contribution in [0.1, 0.15) is 92.6 Å². The second-order valence-corrected chi connectivity index (χ2v) is 13.6. The van der Waals surface area contributed by atoms with Crippen LogP contribution >= 0.6 is 11.6 Å². The van der Waals surface area contributed by atoms with E-state index in [1.54, 1.807) is 6.07 Å². The number of unbranched alkanes of at least 4 members (excludes halogenated alkanes) is 1. The van der Waals surface area contributed by atoms with Crippen molar-refractivity contribution in [2.24, 2.45) is 17.8 Å². The SMILES string of the molecule is CC#CC1CCCCCS(=O)NC(=O)c2ccc3c(c2)N(CC(c2ccc(Cl)cc2CCCC)CO3)CC2CCC12. The van der Waals surface area contributed by atoms with Crippen molar-refractivity contribution in [2.75, 3.05) is 30.3 Å². The van der Waals surface area contributed by atoms with Gasteiger partial charge in [-0.1, -0.05) is 49.8 Å². The van der Waals surface area contributed by atoms with Gasteiger partial charge in [0, 0.05) is 41.3 Å². The number of anilines is 1. The molecule has 1 saturated carbocycles. The maximum atomic E-state index is 13.1. The summed E-state index contributed by atoms with van der Waals surface area (Å²) in [5.74, 6) is 9.46. The fourth-order valence-electron chi connectivity index (χ4n) is 6.75. The smallest absolute Gasteiger partial charge is 0.263 e. The zero-order valence-electron chi connectivity index (χ0n) is 24.4. The van der Waals surface area contributed by atoms with Gasteiger partial charge in [-0.15, -0.1) is 5.92 Å². The van der Waals surface area contributed by atoms with Crippen LogP contribution in [-0.2, 0) is 17.4 Å². The summed E-state index contributed by atoms with van der Waals surface area (Å²) in [6, 6.07) is 11.9. The molecule has 0 radical (unpaired) electrons. The Bertz CT molecular complexity index is 1320. The summed E-state index contributed by atoms with van der Waals surface area (Å²) in [4.78, 5) is 15.6. The number of nitrogens with zero attached hydrogens (tertiary/aromatic N) is 1. The first-order chi connectivity index (χ1) is 20.0. The number of hydrogen-bond donors (Lipinski definition) is 1. The van der Waals surface area contributed by atoms with Crippen molar-refractivity contribution in [3.63, 3.8) is 0 Å². The molecule has 2 aromatic rings. The fourth-order valence-corrected chi connectivity index (χ4v) is 7.84. The van der Waals surface area contributed by atoms with Gasteiger partial charge in [0.2, 0.25) is 0 Å². The maximum Gasteiger partial charge on any atom is 0.263 e. The van der Waals surface area contributed by atoms with Gasteiger partial charge in [-0.25, -0.2) is 4.21 Å². The molecule has 41 heavy (non-hydrogen) atoms. The molecule has 1 N–H and O–H groups in total. The van der Waals surface area contributed by atoms with Gasteiger partial charge in [-0.3, -0.25) is 9.52 Å². The maximum absolute atomic E-state index is 13.1. The average Bonchev–Trinajstić information content (AvgIpc) is 3.12. The van der Waals surface area contributed by atoms with Gasteiger partial charge in [0.1, 0.15) is 16.7 Å². The molecule has 1 amide bonds. The Morgan fingerprint density at radius 2 is 1.98 bits per heavy atom. The van der Waals surface area contributed by atoms with Crippen molar-refractivity contribution >= 4 is 34.2 Å². The predicted octanol–water partition coefficient (Wildman–Crippen LogP) is 7.30. The Morgan fingerprint density at radius 3 is 2.76 bits per heavy atom. The highest BCUT2D eigenvalue weighted by molar-refractivity contribution is 7.83. The minimum atomic E-state index is -1.39. The highest BCUT2D eigenvalue weighted by Gasteiger charge is 2.38. The zero-order valence-corrected chi connectivity index (χ0v) is 26.0. The summed E-state index contributed by atoms with van der Waals surface area (Å²) >= 11 is 6.45. The van der Waals surface area contributed by atoms with E-state index in [9.17, 15) is 9.00 Å². The van der Waals surface area contributed by atoms with E-state index in [0.29, 0.717) is 35.7 Å². The number of amides is 1. The van der Waals surface area contributed by atoms with Crippen molar-refractivity contribution in [3.8, 4) is 17.6 Å². The summed E-state index contributed by atoms with van der Waals surface area (Å²) in [7, 11) is -1.39. The minimum absolute atomic E-state index is 0.173. The number of benzene rings is 2. The first-order valence-corrected chi connectivity index (χ1v) is 17.1. The molecule has 1 fully saturated rings. The Balaban J connectivity index is 1.51. The number of hydrogen-bond acceptors (Lipinski definition) is 4. The molecule has 2 heterocycles. The second kappa shape index (κ2) is 14.1. The lowest BCUT2D eigenvalue weighted by atomic mass is 9.65. The largest absolute Gasteiger partial charge is 0.491 e. The number of aryl methyl sites for hydroxylation is 1. The van der Waals surface area contributed by atoms with Crippen molar-refractivity contribution in [1.82, 2.24) is 4.72 Å². The Hall–Kier alpha value is -2.49. The molecular weight excluding hydrogens is 552 g/mol. The second-order valence-electron chi connectivity index (χ2n) is 11.9. The molecule has 0 saturated heterocycles. The van der Waals surface area contributed by atoms with Crippen molar-refractivity contribution < 1.29 is 13.7 Å². The van der Waals surface area contributed by atoms with Crippen LogP contribution in [0.5, 0.6) is 5.75 Å². The standard InChI is InChI=1S/C34H43ClN2O3S/c1-3-5-10-25-19-29(35)14-16-31(25)28-22-37-21-27-12-15-30(27)24(9-4-2)11-7-6-8-18-41(39)36-34(38)26-13-17-33(40-23-28)32(37)20-26/h13-14,16-17,19-20,24,27-28,30H,3,5-8,10-12,15,18,21-23H2,1-2H3,(H,36,38). The lowest BCUT2D eigenvalue weighted by molar-refractivity contribution is 0.0983. The van der Waals surface area contributed by atoms with E-state index in [2.05, 4.69) is 40.5 Å². The van der Waals surface area contributed by atoms with Crippen molar-refractivity contribution in [3.05, 3.63) is 58.1 Å². The van der Waals surface area contributed by atoms with Crippen LogP contribution in [-0.4, -0.2) is 35.6 Å². The molecule has 2 aliphatic heterocycles. The van der Waals surface area contributed by atoms with Crippen molar-refractivity contribution in [2.45, 2.75) is 77.6 Å². The van der Waals surface area contributed by atoms with E-state index >= 15 is 0 Å². The number of fused-ring (bicyclic) bond motifs is 2. The van der Waals surface area contributed by atoms with Crippen molar-refractivity contribution in [1.29, 1.82) is 0 Å². The minimum Gasteiger partial charge on any atom is -0.491 e. The van der Waals surface area contributed by atoms with Gasteiger partial charge >= 0.3 is 0 Å². The Kier molecular flexibility index (Phi) is 10.3. The highest BCUT2D eigenvalue weighted by Crippen LogP contribution is 2.45. The van der Waals surface area contributed by atoms with E-state index in [1.807, 2.05) is 25.1 Å². The Morgan fingerprint density at radius 1 is 1.10 bits per heavy atom. The molecular formula is C34H43ClN2O3S. The summed E-state index contributed by atoms with van der Waals surface area (Å²) in [6.07, 6.45) is 9.67. The molecule has 2 aromatic carbocycles. The summed E-state index contributed by atoms with van der Waals surface area (Å²) in [6.45, 7) is 6.45. The van der Waals surface area contributed by atoms with E-state index < -0.39 is 11.0 Å². The molecule has 5 rings (SSSR count). The van der Waals surface area contributed by atoms with Crippen LogP contribution in [0, 0.1) is 29.6 Å². The van der Waals surface area contributed by atoms with E-state index in [1.165, 1.54) is 24.0 Å². The number of carbonyl (C=O) groups is 1. The van der Waals surface area contributed by atoms with Gasteiger partial charge in [0.05, 0.1) is 12.3 Å². The van der Waals surface area contributed by atoms with Gasteiger partial charge in [0.15, 0.2) is 0 Å². The fraction of sp³-hybridized carbons (Fsp3) is 0.559. The molecule has 7 heteroatoms. The average molecular weight is 595 g/mol. The molecule has 2 bridgehead atoms. The van der Waals surface area contributed by atoms with Crippen LogP contribution in [0.4, 0.5) is 5.69 Å². The van der Waals surface area contributed by atoms with Gasteiger partial charge in [-0.2, -0.15) is 0 Å². The summed E-state index contributed by atoms with van der Waals surface area (Å²) in [5.41, 5.74) is 4.07. The molecule has 0 spiro atoms. The van der Waals surface area contributed by atoms with Gasteiger partial charge in [0.25, 0.3) is 5.91 Å². The van der Waals surface area contributed by atoms with Gasteiger partial charge in [-0.05, 0) is 98.7 Å². The topological polar surface area (TPSA) is 58.6 Å². The summed E-state index contributed by atoms with van der Waals surface area (Å²) < 4.78 is 21.8. The summed E-state index contributed by atoms with van der Waals surface area (Å²) in [5, 5.41) is 0.774. The zero-order chi connectivity index (χ0) is 28.8. The van der Waals surface area contributed by atoms with Crippen LogP contribution in [0.25, 0.3) is 0 Å². The van der Waals surface area contributed by atoms with Crippen LogP contribution in [0.2, 0.25) is 5.02 Å². The first-order valence-electron chi connectivity index (χ1n) is 15.4. The molecule has 5 nitrogen and oxygen atoms in total. The third-order valence-corrected chi connectivity index (χ3v) is 10.4. The lowest BCUT2D eigenvalue weighted by Gasteiger charge is -2.43. The third kappa shape index (κ3) is 7.30. The predicted molar refractivity (Wildman–Crippen MR) is 169 cm³/mol. The number of rotatable bonds is 4. The van der Waals surface area contributed by atoms with E-state index in [0.717, 1.165) is 74.5 Å². The van der Waals surface area contributed by atoms with Crippen LogP contribution in [0.15, 0.2) is 36.4 Å². The molecule has 220 valence electrons. The Labute approximate surface area is 253 Å². The quantitative estimate of drug-likeness (QED) is 0.377. The number of nitrogens with one attached hydrogen (secondary N) is 1. The molecule has 3 aliphatic rings. The molecule has 5 atom stereocenters. The number of ether oxygens (including phenoxy) is 1. The van der Waals surface area contributed by atoms with E-state index in [-0.39, 0.29) is 11.8 Å². The number of carbonyl (C=O) groups excluding carboxylic acids is 1. The molecule has 5 unspecified atom stereocenters. The monoisotopic (exact) mass is 594 g/mol.